The quantitative estimate of drug-likeness (QED) is 0.193. The Bertz CT molecular complexity index is 2170. The third-order valence-corrected chi connectivity index (χ3v) is 10.4. The van der Waals surface area contributed by atoms with Gasteiger partial charge >= 0.3 is 0 Å². The van der Waals surface area contributed by atoms with Crippen molar-refractivity contribution < 1.29 is 5.11 Å². The van der Waals surface area contributed by atoms with E-state index in [0.29, 0.717) is 11.5 Å². The van der Waals surface area contributed by atoms with Gasteiger partial charge in [-0.2, -0.15) is 0 Å². The summed E-state index contributed by atoms with van der Waals surface area (Å²) in [5.41, 5.74) is 11.0. The molecule has 0 bridgehead atoms. The highest BCUT2D eigenvalue weighted by Crippen LogP contribution is 2.38. The highest BCUT2D eigenvalue weighted by molar-refractivity contribution is 6.89. The summed E-state index contributed by atoms with van der Waals surface area (Å²) in [6.07, 6.45) is 3.78. The summed E-state index contributed by atoms with van der Waals surface area (Å²) in [6, 6.07) is 39.7. The van der Waals surface area contributed by atoms with Crippen LogP contribution in [0.25, 0.3) is 67.2 Å². The van der Waals surface area contributed by atoms with Crippen molar-refractivity contribution in [2.45, 2.75) is 19.6 Å². The predicted octanol–water partition coefficient (Wildman–Crippen LogP) is 8.95. The molecule has 0 radical (unpaired) electrons. The highest BCUT2D eigenvalue weighted by Gasteiger charge is 2.23. The van der Waals surface area contributed by atoms with Crippen LogP contribution in [0.4, 0.5) is 0 Å². The lowest BCUT2D eigenvalue weighted by molar-refractivity contribution is 0.474. The zero-order chi connectivity index (χ0) is 31.1. The van der Waals surface area contributed by atoms with Gasteiger partial charge in [0.05, 0.1) is 24.8 Å². The van der Waals surface area contributed by atoms with Gasteiger partial charge < -0.3 is 9.67 Å². The van der Waals surface area contributed by atoms with Crippen LogP contribution in [-0.4, -0.2) is 32.7 Å². The lowest BCUT2D eigenvalue weighted by Gasteiger charge is -2.22. The Morgan fingerprint density at radius 2 is 1.31 bits per heavy atom. The van der Waals surface area contributed by atoms with Gasteiger partial charge in [0.15, 0.2) is 5.82 Å². The van der Waals surface area contributed by atoms with Crippen molar-refractivity contribution in [2.75, 3.05) is 0 Å². The summed E-state index contributed by atoms with van der Waals surface area (Å²) in [5, 5.41) is 11.9. The number of aromatic nitrogens is 4. The molecule has 0 aliphatic heterocycles. The highest BCUT2D eigenvalue weighted by atomic mass is 28.3. The van der Waals surface area contributed by atoms with Crippen LogP contribution >= 0.6 is 0 Å². The van der Waals surface area contributed by atoms with Crippen molar-refractivity contribution >= 4 is 24.3 Å². The summed E-state index contributed by atoms with van der Waals surface area (Å²) >= 11 is 0. The van der Waals surface area contributed by atoms with Crippen LogP contribution in [0, 0.1) is 0 Å². The molecule has 3 heterocycles. The minimum Gasteiger partial charge on any atom is -0.506 e. The first-order chi connectivity index (χ1) is 21.8. The number of para-hydroxylation sites is 1. The second kappa shape index (κ2) is 11.3. The summed E-state index contributed by atoms with van der Waals surface area (Å²) in [5.74, 6) is 0.721. The van der Waals surface area contributed by atoms with Gasteiger partial charge in [-0.15, -0.1) is 0 Å². The number of nitrogens with zero attached hydrogens (tertiary/aromatic N) is 4. The number of hydrogen-bond donors (Lipinski definition) is 1. The number of aryl methyl sites for hydroxylation is 1. The normalized spacial score (nSPS) is 11.6. The van der Waals surface area contributed by atoms with Crippen LogP contribution in [0.1, 0.15) is 0 Å². The lowest BCUT2D eigenvalue weighted by Crippen LogP contribution is -2.39. The molecule has 0 saturated heterocycles. The predicted molar refractivity (Wildman–Crippen MR) is 188 cm³/mol. The molecule has 5 nitrogen and oxygen atoms in total. The van der Waals surface area contributed by atoms with E-state index in [0.717, 1.165) is 44.5 Å². The molecule has 0 unspecified atom stereocenters. The van der Waals surface area contributed by atoms with Gasteiger partial charge in [-0.05, 0) is 75.5 Å². The van der Waals surface area contributed by atoms with Crippen LogP contribution in [-0.2, 0) is 7.05 Å². The molecule has 0 aliphatic carbocycles. The Morgan fingerprint density at radius 1 is 0.622 bits per heavy atom. The number of hydrogen-bond acceptors (Lipinski definition) is 4. The molecule has 3 aromatic heterocycles. The van der Waals surface area contributed by atoms with Gasteiger partial charge in [0.1, 0.15) is 11.4 Å². The first-order valence-corrected chi connectivity index (χ1v) is 18.6. The van der Waals surface area contributed by atoms with Gasteiger partial charge in [-0.1, -0.05) is 92.4 Å². The van der Waals surface area contributed by atoms with Crippen LogP contribution < -0.4 is 5.19 Å². The maximum atomic E-state index is 10.6. The Hall–Kier alpha value is -5.33. The van der Waals surface area contributed by atoms with Gasteiger partial charge in [0.2, 0.25) is 0 Å². The molecule has 0 amide bonds. The average Bonchev–Trinajstić information content (AvgIpc) is 3.41. The van der Waals surface area contributed by atoms with E-state index in [1.807, 2.05) is 17.7 Å². The minimum atomic E-state index is -1.67. The molecule has 220 valence electrons. The second-order valence-electron chi connectivity index (χ2n) is 12.4. The summed E-state index contributed by atoms with van der Waals surface area (Å²) in [6.45, 7) is 7.12. The lowest BCUT2D eigenvalue weighted by atomic mass is 9.93. The SMILES string of the molecule is Cn1c(-c2ncccc2O)nc2c(-c3cc(-c4ccccc4)cc(-c4cc(-c5ccccc5)c([Si](C)(C)C)cn4)c3)cccc21. The molecule has 0 spiro atoms. The average molecular weight is 603 g/mol. The van der Waals surface area contributed by atoms with Crippen LogP contribution in [0.5, 0.6) is 5.75 Å². The Morgan fingerprint density at radius 3 is 2.02 bits per heavy atom. The zero-order valence-electron chi connectivity index (χ0n) is 25.9. The molecule has 4 aromatic carbocycles. The van der Waals surface area contributed by atoms with E-state index >= 15 is 0 Å². The third-order valence-electron chi connectivity index (χ3n) is 8.35. The van der Waals surface area contributed by atoms with Crippen LogP contribution in [0.15, 0.2) is 128 Å². The minimum absolute atomic E-state index is 0.105. The summed E-state index contributed by atoms with van der Waals surface area (Å²) in [4.78, 5) is 14.6. The fourth-order valence-corrected chi connectivity index (χ4v) is 7.50. The molecule has 0 aliphatic rings. The maximum absolute atomic E-state index is 10.6. The summed E-state index contributed by atoms with van der Waals surface area (Å²) < 4.78 is 1.99. The van der Waals surface area contributed by atoms with Gasteiger partial charge in [0.25, 0.3) is 0 Å². The number of imidazole rings is 1. The van der Waals surface area contributed by atoms with E-state index in [1.165, 1.54) is 16.3 Å². The molecule has 0 fully saturated rings. The number of rotatable bonds is 6. The van der Waals surface area contributed by atoms with E-state index in [4.69, 9.17) is 9.97 Å². The first-order valence-electron chi connectivity index (χ1n) is 15.1. The third kappa shape index (κ3) is 5.34. The standard InChI is InChI=1S/C39H34N4OSi/c1-43-34-18-11-17-31(37(34)42-39(43)38-35(44)19-12-20-40-38)29-21-28(26-13-7-5-8-14-26)22-30(23-29)33-24-32(27-15-9-6-10-16-27)36(25-41-33)45(2,3)4/h5-25,44H,1-4H3. The largest absolute Gasteiger partial charge is 0.506 e. The molecule has 7 aromatic rings. The van der Waals surface area contributed by atoms with Gasteiger partial charge in [-0.3, -0.25) is 4.98 Å². The molecule has 0 atom stereocenters. The molecular formula is C39H34N4OSi. The van der Waals surface area contributed by atoms with Crippen molar-refractivity contribution in [1.82, 2.24) is 19.5 Å². The van der Waals surface area contributed by atoms with Gasteiger partial charge in [-0.25, -0.2) is 9.97 Å². The molecule has 1 N–H and O–H groups in total. The molecular weight excluding hydrogens is 569 g/mol. The molecule has 7 rings (SSSR count). The fraction of sp³-hybridized carbons (Fsp3) is 0.103. The Balaban J connectivity index is 1.46. The maximum Gasteiger partial charge on any atom is 0.163 e. The topological polar surface area (TPSA) is 63.8 Å². The molecule has 0 saturated carbocycles. The Kier molecular flexibility index (Phi) is 7.14. The number of fused-ring (bicyclic) bond motifs is 1. The van der Waals surface area contributed by atoms with Crippen molar-refractivity contribution in [3.63, 3.8) is 0 Å². The van der Waals surface area contributed by atoms with Crippen molar-refractivity contribution in [3.8, 4) is 61.9 Å². The molecule has 45 heavy (non-hydrogen) atoms. The number of aromatic hydroxyl groups is 1. The van der Waals surface area contributed by atoms with Crippen molar-refractivity contribution in [2.24, 2.45) is 7.05 Å². The van der Waals surface area contributed by atoms with Crippen LogP contribution in [0.2, 0.25) is 19.6 Å². The zero-order valence-corrected chi connectivity index (χ0v) is 26.9. The number of pyridine rings is 2. The Labute approximate surface area is 264 Å². The second-order valence-corrected chi connectivity index (χ2v) is 17.5. The molecule has 6 heteroatoms. The van der Waals surface area contributed by atoms with Crippen LogP contribution in [0.3, 0.4) is 0 Å². The first kappa shape index (κ1) is 28.4. The van der Waals surface area contributed by atoms with E-state index < -0.39 is 8.07 Å². The fourth-order valence-electron chi connectivity index (χ4n) is 6.02. The van der Waals surface area contributed by atoms with E-state index in [-0.39, 0.29) is 5.75 Å². The summed E-state index contributed by atoms with van der Waals surface area (Å²) in [7, 11) is 0.288. The van der Waals surface area contributed by atoms with E-state index in [9.17, 15) is 5.11 Å². The van der Waals surface area contributed by atoms with Gasteiger partial charge in [0, 0.05) is 30.6 Å². The monoisotopic (exact) mass is 602 g/mol. The van der Waals surface area contributed by atoms with E-state index in [2.05, 4.69) is 128 Å². The van der Waals surface area contributed by atoms with Crippen molar-refractivity contribution in [1.29, 1.82) is 0 Å². The van der Waals surface area contributed by atoms with Crippen molar-refractivity contribution in [3.05, 3.63) is 128 Å². The number of benzene rings is 4. The smallest absolute Gasteiger partial charge is 0.163 e. The van der Waals surface area contributed by atoms with E-state index in [1.54, 1.807) is 18.3 Å².